The number of amides is 2. The van der Waals surface area contributed by atoms with Gasteiger partial charge in [0.25, 0.3) is 0 Å². The molecule has 1 N–H and O–H groups in total. The topological polar surface area (TPSA) is 77.1 Å². The first-order valence-corrected chi connectivity index (χ1v) is 11.1. The Morgan fingerprint density at radius 2 is 1.97 bits per heavy atom. The van der Waals surface area contributed by atoms with Crippen molar-refractivity contribution in [2.45, 2.75) is 84.2 Å². The molecule has 0 aromatic carbocycles. The third-order valence-corrected chi connectivity index (χ3v) is 5.71. The molecule has 166 valence electrons. The SMILES string of the molecule is CCCCC[C@@H]1O[C@H](C)[C@H](NC(=O)C=C[C@H](C)OC(=O)N2CCOCC2)C[C@@H]1C. The van der Waals surface area contributed by atoms with Gasteiger partial charge in [0.15, 0.2) is 0 Å². The average molecular weight is 411 g/mol. The van der Waals surface area contributed by atoms with Crippen LogP contribution in [0.4, 0.5) is 4.79 Å². The van der Waals surface area contributed by atoms with Crippen LogP contribution in [-0.4, -0.2) is 67.6 Å². The number of hydrogen-bond donors (Lipinski definition) is 1. The quantitative estimate of drug-likeness (QED) is 0.491. The van der Waals surface area contributed by atoms with Crippen LogP contribution in [0.1, 0.15) is 59.8 Å². The van der Waals surface area contributed by atoms with Crippen molar-refractivity contribution in [3.8, 4) is 0 Å². The fraction of sp³-hybridized carbons (Fsp3) is 0.818. The number of carbonyl (C=O) groups excluding carboxylic acids is 2. The van der Waals surface area contributed by atoms with Gasteiger partial charge in [0.1, 0.15) is 6.10 Å². The smallest absolute Gasteiger partial charge is 0.410 e. The average Bonchev–Trinajstić information content (AvgIpc) is 2.70. The maximum Gasteiger partial charge on any atom is 0.410 e. The molecule has 2 heterocycles. The predicted molar refractivity (Wildman–Crippen MR) is 112 cm³/mol. The van der Waals surface area contributed by atoms with Crippen LogP contribution in [0.5, 0.6) is 0 Å². The Balaban J connectivity index is 1.74. The zero-order valence-electron chi connectivity index (χ0n) is 18.4. The molecule has 0 spiro atoms. The van der Waals surface area contributed by atoms with Gasteiger partial charge in [-0.25, -0.2) is 4.79 Å². The zero-order chi connectivity index (χ0) is 21.2. The molecule has 0 aromatic rings. The standard InChI is InChI=1S/C22H38N2O5/c1-5-6-7-8-20-16(2)15-19(18(4)29-20)23-21(25)10-9-17(3)28-22(26)24-11-13-27-14-12-24/h9-10,16-20H,5-8,11-15H2,1-4H3,(H,23,25)/t16-,17-,18+,19+,20-/m0/s1. The molecule has 2 aliphatic heterocycles. The molecule has 2 fully saturated rings. The lowest BCUT2D eigenvalue weighted by Gasteiger charge is -2.39. The van der Waals surface area contributed by atoms with Gasteiger partial charge in [0, 0.05) is 19.2 Å². The van der Waals surface area contributed by atoms with E-state index in [2.05, 4.69) is 19.2 Å². The molecule has 7 nitrogen and oxygen atoms in total. The number of nitrogens with zero attached hydrogens (tertiary/aromatic N) is 1. The molecular formula is C22H38N2O5. The highest BCUT2D eigenvalue weighted by Gasteiger charge is 2.33. The summed E-state index contributed by atoms with van der Waals surface area (Å²) in [5.74, 6) is 0.238. The summed E-state index contributed by atoms with van der Waals surface area (Å²) in [6, 6.07) is -0.00391. The highest BCUT2D eigenvalue weighted by molar-refractivity contribution is 5.87. The lowest BCUT2D eigenvalue weighted by Crippen LogP contribution is -2.50. The van der Waals surface area contributed by atoms with Crippen molar-refractivity contribution >= 4 is 12.0 Å². The van der Waals surface area contributed by atoms with Crippen molar-refractivity contribution in [1.29, 1.82) is 0 Å². The molecule has 2 aliphatic rings. The molecule has 5 atom stereocenters. The molecule has 0 unspecified atom stereocenters. The fourth-order valence-corrected chi connectivity index (χ4v) is 3.85. The summed E-state index contributed by atoms with van der Waals surface area (Å²) in [5.41, 5.74) is 0. The summed E-state index contributed by atoms with van der Waals surface area (Å²) in [5, 5.41) is 3.04. The molecular weight excluding hydrogens is 372 g/mol. The van der Waals surface area contributed by atoms with Crippen LogP contribution in [0, 0.1) is 5.92 Å². The van der Waals surface area contributed by atoms with Crippen molar-refractivity contribution < 1.29 is 23.8 Å². The molecule has 2 saturated heterocycles. The number of rotatable bonds is 8. The second-order valence-electron chi connectivity index (χ2n) is 8.25. The van der Waals surface area contributed by atoms with E-state index in [4.69, 9.17) is 14.2 Å². The van der Waals surface area contributed by atoms with E-state index in [0.29, 0.717) is 32.2 Å². The third kappa shape index (κ3) is 7.97. The molecule has 0 bridgehead atoms. The molecule has 0 saturated carbocycles. The molecule has 29 heavy (non-hydrogen) atoms. The van der Waals surface area contributed by atoms with Crippen LogP contribution in [0.25, 0.3) is 0 Å². The van der Waals surface area contributed by atoms with Crippen LogP contribution in [0.3, 0.4) is 0 Å². The Kier molecular flexibility index (Phi) is 9.94. The largest absolute Gasteiger partial charge is 0.442 e. The van der Waals surface area contributed by atoms with Crippen LogP contribution in [0.15, 0.2) is 12.2 Å². The van der Waals surface area contributed by atoms with Crippen molar-refractivity contribution in [3.05, 3.63) is 12.2 Å². The van der Waals surface area contributed by atoms with Gasteiger partial charge in [0.05, 0.1) is 31.5 Å². The highest BCUT2D eigenvalue weighted by Crippen LogP contribution is 2.28. The van der Waals surface area contributed by atoms with Gasteiger partial charge < -0.3 is 24.4 Å². The molecule has 0 radical (unpaired) electrons. The second-order valence-corrected chi connectivity index (χ2v) is 8.25. The van der Waals surface area contributed by atoms with Crippen molar-refractivity contribution in [2.24, 2.45) is 5.92 Å². The van der Waals surface area contributed by atoms with Crippen LogP contribution in [0.2, 0.25) is 0 Å². The first-order chi connectivity index (χ1) is 13.9. The van der Waals surface area contributed by atoms with Crippen molar-refractivity contribution in [1.82, 2.24) is 10.2 Å². The number of ether oxygens (including phenoxy) is 3. The van der Waals surface area contributed by atoms with Crippen LogP contribution < -0.4 is 5.32 Å². The van der Waals surface area contributed by atoms with Crippen molar-refractivity contribution in [2.75, 3.05) is 26.3 Å². The Morgan fingerprint density at radius 3 is 2.66 bits per heavy atom. The summed E-state index contributed by atoms with van der Waals surface area (Å²) < 4.78 is 16.8. The molecule has 0 aromatic heterocycles. The van der Waals surface area contributed by atoms with E-state index in [0.717, 1.165) is 12.8 Å². The minimum atomic E-state index is -0.474. The van der Waals surface area contributed by atoms with E-state index >= 15 is 0 Å². The Labute approximate surface area is 175 Å². The summed E-state index contributed by atoms with van der Waals surface area (Å²) in [6.45, 7) is 10.3. The van der Waals surface area contributed by atoms with Gasteiger partial charge in [-0.2, -0.15) is 0 Å². The number of nitrogens with one attached hydrogen (secondary N) is 1. The van der Waals surface area contributed by atoms with Gasteiger partial charge in [0.2, 0.25) is 5.91 Å². The van der Waals surface area contributed by atoms with Crippen molar-refractivity contribution in [3.63, 3.8) is 0 Å². The highest BCUT2D eigenvalue weighted by atomic mass is 16.6. The summed E-state index contributed by atoms with van der Waals surface area (Å²) in [4.78, 5) is 26.0. The van der Waals surface area contributed by atoms with Gasteiger partial charge in [-0.1, -0.05) is 33.1 Å². The molecule has 2 amide bonds. The number of morpholine rings is 1. The molecule has 2 rings (SSSR count). The number of unbranched alkanes of at least 4 members (excludes halogenated alkanes) is 2. The summed E-state index contributed by atoms with van der Waals surface area (Å²) >= 11 is 0. The summed E-state index contributed by atoms with van der Waals surface area (Å²) in [6.07, 6.45) is 8.13. The first kappa shape index (κ1) is 23.7. The van der Waals surface area contributed by atoms with E-state index in [1.54, 1.807) is 17.9 Å². The van der Waals surface area contributed by atoms with Gasteiger partial charge >= 0.3 is 6.09 Å². The van der Waals surface area contributed by atoms with Crippen LogP contribution in [-0.2, 0) is 19.0 Å². The van der Waals surface area contributed by atoms with E-state index in [-0.39, 0.29) is 30.3 Å². The first-order valence-electron chi connectivity index (χ1n) is 11.1. The fourth-order valence-electron chi connectivity index (χ4n) is 3.85. The lowest BCUT2D eigenvalue weighted by atomic mass is 9.87. The summed E-state index contributed by atoms with van der Waals surface area (Å²) in [7, 11) is 0. The minimum absolute atomic E-state index is 0.00391. The zero-order valence-corrected chi connectivity index (χ0v) is 18.4. The molecule has 7 heteroatoms. The maximum atomic E-state index is 12.3. The second kappa shape index (κ2) is 12.2. The van der Waals surface area contributed by atoms with E-state index < -0.39 is 6.10 Å². The van der Waals surface area contributed by atoms with E-state index in [1.807, 2.05) is 6.92 Å². The van der Waals surface area contributed by atoms with Gasteiger partial charge in [-0.3, -0.25) is 4.79 Å². The van der Waals surface area contributed by atoms with E-state index in [9.17, 15) is 9.59 Å². The monoisotopic (exact) mass is 410 g/mol. The Bertz CT molecular complexity index is 547. The Morgan fingerprint density at radius 1 is 1.24 bits per heavy atom. The van der Waals surface area contributed by atoms with Crippen LogP contribution >= 0.6 is 0 Å². The molecule has 0 aliphatic carbocycles. The van der Waals surface area contributed by atoms with E-state index in [1.165, 1.54) is 25.3 Å². The number of carbonyl (C=O) groups is 2. The number of hydrogen-bond acceptors (Lipinski definition) is 5. The maximum absolute atomic E-state index is 12.3. The minimum Gasteiger partial charge on any atom is -0.442 e. The Hall–Kier alpha value is -1.60. The lowest BCUT2D eigenvalue weighted by molar-refractivity contribution is -0.124. The van der Waals surface area contributed by atoms with Gasteiger partial charge in [-0.05, 0) is 38.7 Å². The predicted octanol–water partition coefficient (Wildman–Crippen LogP) is 3.28. The third-order valence-electron chi connectivity index (χ3n) is 5.71. The normalized spacial score (nSPS) is 28.9. The van der Waals surface area contributed by atoms with Gasteiger partial charge in [-0.15, -0.1) is 0 Å².